The maximum Gasteiger partial charge on any atom is 0.0528 e. The van der Waals surface area contributed by atoms with Crippen molar-refractivity contribution in [3.63, 3.8) is 0 Å². The van der Waals surface area contributed by atoms with Crippen LogP contribution in [0.15, 0.2) is 36.4 Å². The minimum absolute atomic E-state index is 0.193. The molecule has 1 unspecified atom stereocenters. The first kappa shape index (κ1) is 10.3. The van der Waals surface area contributed by atoms with Crippen molar-refractivity contribution in [2.24, 2.45) is 0 Å². The van der Waals surface area contributed by atoms with Crippen LogP contribution in [-0.2, 0) is 0 Å². The van der Waals surface area contributed by atoms with E-state index < -0.39 is 0 Å². The molecule has 0 radical (unpaired) electrons. The Labute approximate surface area is 84.4 Å². The molecular formula is C11H14ClN. The molecule has 0 aliphatic carbocycles. The summed E-state index contributed by atoms with van der Waals surface area (Å²) in [6.07, 6.45) is 0. The Balaban J connectivity index is 2.98. The minimum Gasteiger partial charge on any atom is -0.310 e. The fourth-order valence-electron chi connectivity index (χ4n) is 1.38. The highest BCUT2D eigenvalue weighted by Gasteiger charge is 2.08. The molecule has 0 bridgehead atoms. The van der Waals surface area contributed by atoms with Gasteiger partial charge in [-0.1, -0.05) is 35.9 Å². The number of nitrogens with one attached hydrogen (secondary N) is 1. The molecular weight excluding hydrogens is 182 g/mol. The second kappa shape index (κ2) is 4.45. The van der Waals surface area contributed by atoms with Crippen LogP contribution in [0.2, 0.25) is 5.02 Å². The maximum atomic E-state index is 5.89. The highest BCUT2D eigenvalue weighted by Crippen LogP contribution is 2.22. The van der Waals surface area contributed by atoms with Gasteiger partial charge in [-0.3, -0.25) is 0 Å². The monoisotopic (exact) mass is 195 g/mol. The first-order chi connectivity index (χ1) is 6.15. The van der Waals surface area contributed by atoms with E-state index in [2.05, 4.69) is 11.9 Å². The van der Waals surface area contributed by atoms with E-state index in [-0.39, 0.29) is 6.04 Å². The molecule has 1 N–H and O–H groups in total. The maximum absolute atomic E-state index is 5.89. The molecule has 0 spiro atoms. The van der Waals surface area contributed by atoms with Crippen LogP contribution in [0.4, 0.5) is 0 Å². The largest absolute Gasteiger partial charge is 0.310 e. The summed E-state index contributed by atoms with van der Waals surface area (Å²) < 4.78 is 0. The van der Waals surface area contributed by atoms with E-state index in [9.17, 15) is 0 Å². The van der Waals surface area contributed by atoms with Gasteiger partial charge in [-0.05, 0) is 31.7 Å². The molecule has 0 heterocycles. The van der Waals surface area contributed by atoms with Crippen LogP contribution in [0.25, 0.3) is 0 Å². The summed E-state index contributed by atoms with van der Waals surface area (Å²) in [5, 5.41) is 3.95. The summed E-state index contributed by atoms with van der Waals surface area (Å²) >= 11 is 5.89. The molecule has 0 amide bonds. The highest BCUT2D eigenvalue weighted by atomic mass is 35.5. The molecule has 0 aliphatic heterocycles. The second-order valence-electron chi connectivity index (χ2n) is 3.12. The van der Waals surface area contributed by atoms with Crippen LogP contribution < -0.4 is 5.32 Å². The van der Waals surface area contributed by atoms with Gasteiger partial charge in [0.2, 0.25) is 0 Å². The van der Waals surface area contributed by atoms with Crippen molar-refractivity contribution in [2.75, 3.05) is 7.05 Å². The number of hydrogen-bond donors (Lipinski definition) is 1. The third-order valence-electron chi connectivity index (χ3n) is 1.96. The van der Waals surface area contributed by atoms with Crippen molar-refractivity contribution in [1.29, 1.82) is 0 Å². The Morgan fingerprint density at radius 2 is 2.23 bits per heavy atom. The molecule has 1 atom stereocenters. The number of likely N-dealkylation sites (N-methyl/N-ethyl adjacent to an activating group) is 1. The van der Waals surface area contributed by atoms with E-state index >= 15 is 0 Å². The molecule has 0 fully saturated rings. The van der Waals surface area contributed by atoms with Crippen molar-refractivity contribution in [3.8, 4) is 0 Å². The van der Waals surface area contributed by atoms with Gasteiger partial charge in [0.05, 0.1) is 6.04 Å². The van der Waals surface area contributed by atoms with Gasteiger partial charge in [0.25, 0.3) is 0 Å². The predicted molar refractivity (Wildman–Crippen MR) is 58.1 cm³/mol. The smallest absolute Gasteiger partial charge is 0.0528 e. The molecule has 2 heteroatoms. The molecule has 1 aromatic rings. The molecule has 1 aromatic carbocycles. The Morgan fingerprint density at radius 1 is 1.54 bits per heavy atom. The lowest BCUT2D eigenvalue weighted by Crippen LogP contribution is -2.16. The molecule has 1 nitrogen and oxygen atoms in total. The fourth-order valence-corrected chi connectivity index (χ4v) is 1.58. The normalized spacial score (nSPS) is 12.5. The number of benzene rings is 1. The second-order valence-corrected chi connectivity index (χ2v) is 3.56. The van der Waals surface area contributed by atoms with Crippen LogP contribution >= 0.6 is 11.6 Å². The summed E-state index contributed by atoms with van der Waals surface area (Å²) in [6.45, 7) is 5.93. The third kappa shape index (κ3) is 2.58. The zero-order chi connectivity index (χ0) is 9.84. The molecule has 0 aliphatic rings. The van der Waals surface area contributed by atoms with Gasteiger partial charge < -0.3 is 5.32 Å². The zero-order valence-corrected chi connectivity index (χ0v) is 8.73. The van der Waals surface area contributed by atoms with E-state index in [1.165, 1.54) is 0 Å². The van der Waals surface area contributed by atoms with E-state index in [1.807, 2.05) is 38.2 Å². The van der Waals surface area contributed by atoms with Gasteiger partial charge >= 0.3 is 0 Å². The van der Waals surface area contributed by atoms with Crippen molar-refractivity contribution in [3.05, 3.63) is 47.0 Å². The van der Waals surface area contributed by atoms with Gasteiger partial charge in [0.15, 0.2) is 0 Å². The summed E-state index contributed by atoms with van der Waals surface area (Å²) in [7, 11) is 1.92. The SMILES string of the molecule is C=C(C)C(NC)c1cccc(Cl)c1. The lowest BCUT2D eigenvalue weighted by molar-refractivity contribution is 0.680. The zero-order valence-electron chi connectivity index (χ0n) is 7.97. The summed E-state index contributed by atoms with van der Waals surface area (Å²) in [4.78, 5) is 0. The third-order valence-corrected chi connectivity index (χ3v) is 2.20. The average Bonchev–Trinajstić information content (AvgIpc) is 2.04. The topological polar surface area (TPSA) is 12.0 Å². The molecule has 0 aromatic heterocycles. The Morgan fingerprint density at radius 3 is 2.69 bits per heavy atom. The quantitative estimate of drug-likeness (QED) is 0.731. The summed E-state index contributed by atoms with van der Waals surface area (Å²) in [5.74, 6) is 0. The minimum atomic E-state index is 0.193. The Hall–Kier alpha value is -0.790. The van der Waals surface area contributed by atoms with Crippen molar-refractivity contribution in [1.82, 2.24) is 5.32 Å². The Kier molecular flexibility index (Phi) is 3.52. The van der Waals surface area contributed by atoms with Crippen molar-refractivity contribution < 1.29 is 0 Å². The van der Waals surface area contributed by atoms with Crippen LogP contribution in [0.1, 0.15) is 18.5 Å². The van der Waals surface area contributed by atoms with Crippen molar-refractivity contribution in [2.45, 2.75) is 13.0 Å². The van der Waals surface area contributed by atoms with Crippen LogP contribution in [-0.4, -0.2) is 7.05 Å². The Bertz CT molecular complexity index is 307. The first-order valence-electron chi connectivity index (χ1n) is 4.23. The van der Waals surface area contributed by atoms with Gasteiger partial charge in [0.1, 0.15) is 0 Å². The summed E-state index contributed by atoms with van der Waals surface area (Å²) in [5.41, 5.74) is 2.24. The predicted octanol–water partition coefficient (Wildman–Crippen LogP) is 3.18. The van der Waals surface area contributed by atoms with Crippen LogP contribution in [0.3, 0.4) is 0 Å². The lowest BCUT2D eigenvalue weighted by atomic mass is 10.0. The number of rotatable bonds is 3. The molecule has 13 heavy (non-hydrogen) atoms. The number of hydrogen-bond acceptors (Lipinski definition) is 1. The fraction of sp³-hybridized carbons (Fsp3) is 0.273. The highest BCUT2D eigenvalue weighted by molar-refractivity contribution is 6.30. The molecule has 0 saturated heterocycles. The van der Waals surface area contributed by atoms with Gasteiger partial charge in [-0.15, -0.1) is 0 Å². The average molecular weight is 196 g/mol. The van der Waals surface area contributed by atoms with E-state index in [0.29, 0.717) is 0 Å². The standard InChI is InChI=1S/C11H14ClN/c1-8(2)11(13-3)9-5-4-6-10(12)7-9/h4-7,11,13H,1H2,2-3H3. The van der Waals surface area contributed by atoms with E-state index in [1.54, 1.807) is 0 Å². The van der Waals surface area contributed by atoms with E-state index in [4.69, 9.17) is 11.6 Å². The van der Waals surface area contributed by atoms with Crippen LogP contribution in [0, 0.1) is 0 Å². The van der Waals surface area contributed by atoms with Crippen molar-refractivity contribution >= 4 is 11.6 Å². The number of halogens is 1. The first-order valence-corrected chi connectivity index (χ1v) is 4.61. The molecule has 1 rings (SSSR count). The van der Waals surface area contributed by atoms with Gasteiger partial charge in [-0.2, -0.15) is 0 Å². The van der Waals surface area contributed by atoms with Crippen LogP contribution in [0.5, 0.6) is 0 Å². The lowest BCUT2D eigenvalue weighted by Gasteiger charge is -2.16. The summed E-state index contributed by atoms with van der Waals surface area (Å²) in [6, 6.07) is 8.01. The van der Waals surface area contributed by atoms with E-state index in [0.717, 1.165) is 16.2 Å². The van der Waals surface area contributed by atoms with Gasteiger partial charge in [-0.25, -0.2) is 0 Å². The van der Waals surface area contributed by atoms with Gasteiger partial charge in [0, 0.05) is 5.02 Å². The molecule has 0 saturated carbocycles. The molecule has 70 valence electrons.